The van der Waals surface area contributed by atoms with Crippen LogP contribution in [0.15, 0.2) is 78.0 Å². The van der Waals surface area contributed by atoms with Crippen LogP contribution >= 0.6 is 0 Å². The molecule has 0 radical (unpaired) electrons. The zero-order valence-electron chi connectivity index (χ0n) is 22.8. The maximum absolute atomic E-state index is 14.7. The third kappa shape index (κ3) is 5.54. The van der Waals surface area contributed by atoms with E-state index in [0.717, 1.165) is 0 Å². The second-order valence-corrected chi connectivity index (χ2v) is 9.70. The second kappa shape index (κ2) is 11.2. The van der Waals surface area contributed by atoms with Crippen molar-refractivity contribution >= 4 is 16.7 Å². The largest absolute Gasteiger partial charge is 0.457 e. The number of alkyl halides is 3. The van der Waals surface area contributed by atoms with Gasteiger partial charge in [0.1, 0.15) is 34.5 Å². The number of nitrogens with zero attached hydrogens (tertiary/aromatic N) is 3. The number of rotatable bonds is 7. The molecular weight excluding hydrogens is 555 g/mol. The fraction of sp³-hybridized carbons (Fsp3) is 0.194. The van der Waals surface area contributed by atoms with Crippen LogP contribution in [0.1, 0.15) is 36.6 Å². The Morgan fingerprint density at radius 2 is 1.74 bits per heavy atom. The number of aromatic nitrogens is 3. The highest BCUT2D eigenvalue weighted by Crippen LogP contribution is 2.44. The van der Waals surface area contributed by atoms with Crippen LogP contribution < -0.4 is 15.6 Å². The summed E-state index contributed by atoms with van der Waals surface area (Å²) >= 11 is 0. The molecule has 2 aromatic heterocycles. The highest BCUT2D eigenvalue weighted by molar-refractivity contribution is 5.80. The first kappa shape index (κ1) is 28.7. The van der Waals surface area contributed by atoms with E-state index in [2.05, 4.69) is 15.3 Å². The predicted molar refractivity (Wildman–Crippen MR) is 150 cm³/mol. The SMILES string of the molecule is CCNc1ccc(-c2cccc(Oc3ccc4c(c3)c(=O)ncn4[C@H](C)c3c(F)cc(C)cc3F)c2C(F)(F)F)cn1. The molecule has 0 aliphatic rings. The third-order valence-electron chi connectivity index (χ3n) is 6.80. The van der Waals surface area contributed by atoms with Crippen molar-refractivity contribution in [2.24, 2.45) is 0 Å². The number of hydrogen-bond donors (Lipinski definition) is 1. The fourth-order valence-electron chi connectivity index (χ4n) is 4.89. The summed E-state index contributed by atoms with van der Waals surface area (Å²) < 4.78 is 79.7. The van der Waals surface area contributed by atoms with E-state index in [1.807, 2.05) is 6.92 Å². The van der Waals surface area contributed by atoms with Crippen molar-refractivity contribution in [2.75, 3.05) is 11.9 Å². The van der Waals surface area contributed by atoms with Gasteiger partial charge in [-0.3, -0.25) is 4.79 Å². The number of ether oxygens (including phenoxy) is 1. The molecule has 42 heavy (non-hydrogen) atoms. The van der Waals surface area contributed by atoms with Gasteiger partial charge in [-0.15, -0.1) is 0 Å². The van der Waals surface area contributed by atoms with Crippen molar-refractivity contribution in [1.82, 2.24) is 14.5 Å². The minimum absolute atomic E-state index is 0.00250. The van der Waals surface area contributed by atoms with Crippen molar-refractivity contribution in [2.45, 2.75) is 33.0 Å². The quantitative estimate of drug-likeness (QED) is 0.198. The zero-order chi connectivity index (χ0) is 30.2. The molecule has 11 heteroatoms. The van der Waals surface area contributed by atoms with Crippen LogP contribution in [0.2, 0.25) is 0 Å². The number of pyridine rings is 1. The number of benzene rings is 3. The van der Waals surface area contributed by atoms with Crippen LogP contribution in [0, 0.1) is 18.6 Å². The zero-order valence-corrected chi connectivity index (χ0v) is 22.8. The summed E-state index contributed by atoms with van der Waals surface area (Å²) in [5.41, 5.74) is -1.11. The third-order valence-corrected chi connectivity index (χ3v) is 6.80. The smallest absolute Gasteiger partial charge is 0.420 e. The summed E-state index contributed by atoms with van der Waals surface area (Å²) in [7, 11) is 0. The monoisotopic (exact) mass is 580 g/mol. The second-order valence-electron chi connectivity index (χ2n) is 9.70. The first-order valence-electron chi connectivity index (χ1n) is 13.0. The van der Waals surface area contributed by atoms with E-state index in [-0.39, 0.29) is 33.3 Å². The molecule has 1 atom stereocenters. The van der Waals surface area contributed by atoms with Crippen molar-refractivity contribution in [1.29, 1.82) is 0 Å². The molecule has 0 spiro atoms. The fourth-order valence-corrected chi connectivity index (χ4v) is 4.89. The number of halogens is 5. The average Bonchev–Trinajstić information content (AvgIpc) is 2.93. The molecular formula is C31H25F5N4O2. The average molecular weight is 581 g/mol. The topological polar surface area (TPSA) is 69.0 Å². The maximum atomic E-state index is 14.7. The van der Waals surface area contributed by atoms with E-state index in [1.165, 1.54) is 71.7 Å². The summed E-state index contributed by atoms with van der Waals surface area (Å²) in [6.45, 7) is 5.60. The van der Waals surface area contributed by atoms with Gasteiger partial charge in [0.2, 0.25) is 0 Å². The van der Waals surface area contributed by atoms with Gasteiger partial charge in [-0.05, 0) is 80.4 Å². The first-order chi connectivity index (χ1) is 20.0. The minimum Gasteiger partial charge on any atom is -0.457 e. The van der Waals surface area contributed by atoms with Gasteiger partial charge in [0.15, 0.2) is 0 Å². The standard InChI is InChI=1S/C31H25F5N4O2/c1-4-37-27-11-8-19(15-38-27)21-6-5-7-26(29(21)31(34,35)36)42-20-9-10-25-22(14-20)30(41)39-16-40(25)18(3)28-23(32)12-17(2)13-24(28)33/h5-16,18H,4H2,1-3H3,(H,37,38)/t18-/m1/s1. The molecule has 0 saturated carbocycles. The summed E-state index contributed by atoms with van der Waals surface area (Å²) in [5.74, 6) is -1.50. The van der Waals surface area contributed by atoms with Crippen molar-refractivity contribution < 1.29 is 26.7 Å². The molecule has 0 amide bonds. The first-order valence-corrected chi connectivity index (χ1v) is 13.0. The molecule has 1 N–H and O–H groups in total. The molecule has 6 nitrogen and oxygen atoms in total. The Kier molecular flexibility index (Phi) is 7.68. The van der Waals surface area contributed by atoms with E-state index in [4.69, 9.17) is 4.74 Å². The van der Waals surface area contributed by atoms with Crippen LogP contribution in [0.25, 0.3) is 22.0 Å². The summed E-state index contributed by atoms with van der Waals surface area (Å²) in [6, 6.07) is 12.7. The van der Waals surface area contributed by atoms with Crippen LogP contribution in [-0.2, 0) is 6.18 Å². The van der Waals surface area contributed by atoms with Crippen LogP contribution in [0.5, 0.6) is 11.5 Å². The van der Waals surface area contributed by atoms with Gasteiger partial charge in [0.25, 0.3) is 5.56 Å². The lowest BCUT2D eigenvalue weighted by molar-refractivity contribution is -0.138. The van der Waals surface area contributed by atoms with Crippen LogP contribution in [-0.4, -0.2) is 21.1 Å². The number of hydrogen-bond acceptors (Lipinski definition) is 5. The highest BCUT2D eigenvalue weighted by atomic mass is 19.4. The van der Waals surface area contributed by atoms with Gasteiger partial charge in [0.05, 0.1) is 23.3 Å². The molecule has 3 aromatic carbocycles. The molecule has 0 aliphatic heterocycles. The number of anilines is 1. The Bertz CT molecular complexity index is 1810. The normalized spacial score (nSPS) is 12.4. The summed E-state index contributed by atoms with van der Waals surface area (Å²) in [5, 5.41) is 3.00. The lowest BCUT2D eigenvalue weighted by Gasteiger charge is -2.21. The Morgan fingerprint density at radius 3 is 2.38 bits per heavy atom. The lowest BCUT2D eigenvalue weighted by atomic mass is 9.99. The van der Waals surface area contributed by atoms with Crippen molar-refractivity contribution in [3.63, 3.8) is 0 Å². The number of nitrogens with one attached hydrogen (secondary N) is 1. The minimum atomic E-state index is -4.78. The van der Waals surface area contributed by atoms with E-state index >= 15 is 0 Å². The van der Waals surface area contributed by atoms with Crippen molar-refractivity contribution in [3.05, 3.63) is 112 Å². The van der Waals surface area contributed by atoms with E-state index < -0.39 is 40.7 Å². The molecule has 0 fully saturated rings. The molecule has 0 bridgehead atoms. The summed E-state index contributed by atoms with van der Waals surface area (Å²) in [4.78, 5) is 20.7. The molecule has 5 rings (SSSR count). The van der Waals surface area contributed by atoms with Gasteiger partial charge in [0, 0.05) is 23.9 Å². The molecule has 5 aromatic rings. The molecule has 0 saturated heterocycles. The molecule has 0 aliphatic carbocycles. The maximum Gasteiger partial charge on any atom is 0.420 e. The van der Waals surface area contributed by atoms with Gasteiger partial charge < -0.3 is 14.6 Å². The lowest BCUT2D eigenvalue weighted by Crippen LogP contribution is -2.18. The predicted octanol–water partition coefficient (Wildman–Crippen LogP) is 7.90. The number of fused-ring (bicyclic) bond motifs is 1. The highest BCUT2D eigenvalue weighted by Gasteiger charge is 2.38. The Hall–Kier alpha value is -4.80. The van der Waals surface area contributed by atoms with E-state index in [0.29, 0.717) is 17.9 Å². The Morgan fingerprint density at radius 1 is 1.00 bits per heavy atom. The Balaban J connectivity index is 1.56. The van der Waals surface area contributed by atoms with Gasteiger partial charge in [-0.2, -0.15) is 18.2 Å². The molecule has 216 valence electrons. The van der Waals surface area contributed by atoms with Crippen molar-refractivity contribution in [3.8, 4) is 22.6 Å². The van der Waals surface area contributed by atoms with Crippen LogP contribution in [0.4, 0.5) is 27.8 Å². The van der Waals surface area contributed by atoms with E-state index in [1.54, 1.807) is 19.9 Å². The summed E-state index contributed by atoms with van der Waals surface area (Å²) in [6.07, 6.45) is -2.26. The van der Waals surface area contributed by atoms with Gasteiger partial charge >= 0.3 is 6.18 Å². The van der Waals surface area contributed by atoms with Gasteiger partial charge in [-0.25, -0.2) is 13.8 Å². The van der Waals surface area contributed by atoms with E-state index in [9.17, 15) is 26.7 Å². The molecule has 2 heterocycles. The number of aryl methyl sites for hydroxylation is 1. The Labute approximate surface area is 237 Å². The molecule has 0 unspecified atom stereocenters. The van der Waals surface area contributed by atoms with Crippen LogP contribution in [0.3, 0.4) is 0 Å². The van der Waals surface area contributed by atoms with Gasteiger partial charge in [-0.1, -0.05) is 12.1 Å².